The van der Waals surface area contributed by atoms with Crippen molar-refractivity contribution in [3.63, 3.8) is 0 Å². The molecule has 1 aromatic rings. The fourth-order valence-corrected chi connectivity index (χ4v) is 1.39. The van der Waals surface area contributed by atoms with E-state index in [1.165, 1.54) is 18.2 Å². The molecule has 0 radical (unpaired) electrons. The fraction of sp³-hybridized carbons (Fsp3) is 0.538. The zero-order chi connectivity index (χ0) is 14.7. The SMILES string of the molecule is CC(C)(C)OCC(O)c1ccccc1OC(F)(F)F. The number of benzene rings is 1. The lowest BCUT2D eigenvalue weighted by atomic mass is 10.1. The molecule has 19 heavy (non-hydrogen) atoms. The number of alkyl halides is 3. The molecule has 3 nitrogen and oxygen atoms in total. The van der Waals surface area contributed by atoms with Crippen molar-refractivity contribution in [3.05, 3.63) is 29.8 Å². The summed E-state index contributed by atoms with van der Waals surface area (Å²) in [5.74, 6) is -0.417. The van der Waals surface area contributed by atoms with Gasteiger partial charge in [0.05, 0.1) is 12.2 Å². The largest absolute Gasteiger partial charge is 0.573 e. The predicted molar refractivity (Wildman–Crippen MR) is 63.8 cm³/mol. The summed E-state index contributed by atoms with van der Waals surface area (Å²) >= 11 is 0. The molecule has 6 heteroatoms. The number of hydrogen-bond donors (Lipinski definition) is 1. The van der Waals surface area contributed by atoms with E-state index >= 15 is 0 Å². The van der Waals surface area contributed by atoms with Gasteiger partial charge in [-0.3, -0.25) is 0 Å². The predicted octanol–water partition coefficient (Wildman–Crippen LogP) is 3.43. The van der Waals surface area contributed by atoms with Gasteiger partial charge >= 0.3 is 6.36 Å². The molecule has 1 N–H and O–H groups in total. The maximum atomic E-state index is 12.2. The van der Waals surface area contributed by atoms with E-state index in [-0.39, 0.29) is 12.2 Å². The van der Waals surface area contributed by atoms with Crippen LogP contribution in [0.5, 0.6) is 5.75 Å². The molecule has 1 rings (SSSR count). The molecule has 0 heterocycles. The van der Waals surface area contributed by atoms with Gasteiger partial charge in [-0.1, -0.05) is 18.2 Å². The molecule has 108 valence electrons. The molecule has 0 aliphatic carbocycles. The number of ether oxygens (including phenoxy) is 2. The fourth-order valence-electron chi connectivity index (χ4n) is 1.39. The van der Waals surface area contributed by atoms with Crippen LogP contribution in [0.2, 0.25) is 0 Å². The van der Waals surface area contributed by atoms with Gasteiger partial charge in [-0.2, -0.15) is 0 Å². The Kier molecular flexibility index (Phi) is 4.81. The van der Waals surface area contributed by atoms with E-state index in [4.69, 9.17) is 4.74 Å². The Morgan fingerprint density at radius 2 is 1.74 bits per heavy atom. The molecular weight excluding hydrogens is 261 g/mol. The first-order chi connectivity index (χ1) is 8.58. The number of para-hydroxylation sites is 1. The third-order valence-electron chi connectivity index (χ3n) is 2.18. The summed E-state index contributed by atoms with van der Waals surface area (Å²) in [7, 11) is 0. The first kappa shape index (κ1) is 15.8. The number of hydrogen-bond acceptors (Lipinski definition) is 3. The average molecular weight is 278 g/mol. The first-order valence-corrected chi connectivity index (χ1v) is 5.75. The molecular formula is C13H17F3O3. The Hall–Kier alpha value is -1.27. The summed E-state index contributed by atoms with van der Waals surface area (Å²) in [4.78, 5) is 0. The Labute approximate surface area is 110 Å². The minimum absolute atomic E-state index is 0.0454. The van der Waals surface area contributed by atoms with Crippen molar-refractivity contribution >= 4 is 0 Å². The Morgan fingerprint density at radius 3 is 2.26 bits per heavy atom. The van der Waals surface area contributed by atoms with Gasteiger partial charge in [-0.05, 0) is 26.8 Å². The number of halogens is 3. The molecule has 0 aromatic heterocycles. The van der Waals surface area contributed by atoms with Crippen LogP contribution in [-0.4, -0.2) is 23.7 Å². The van der Waals surface area contributed by atoms with Crippen molar-refractivity contribution in [2.75, 3.05) is 6.61 Å². The van der Waals surface area contributed by atoms with E-state index in [1.807, 2.05) is 0 Å². The summed E-state index contributed by atoms with van der Waals surface area (Å²) in [6.45, 7) is 5.26. The van der Waals surface area contributed by atoms with Crippen LogP contribution in [-0.2, 0) is 4.74 Å². The summed E-state index contributed by atoms with van der Waals surface area (Å²) in [6.07, 6.45) is -5.97. The van der Waals surface area contributed by atoms with E-state index in [0.717, 1.165) is 6.07 Å². The highest BCUT2D eigenvalue weighted by Gasteiger charge is 2.32. The highest BCUT2D eigenvalue weighted by atomic mass is 19.4. The number of aliphatic hydroxyl groups excluding tert-OH is 1. The van der Waals surface area contributed by atoms with E-state index in [0.29, 0.717) is 0 Å². The van der Waals surface area contributed by atoms with Crippen LogP contribution in [0.4, 0.5) is 13.2 Å². The lowest BCUT2D eigenvalue weighted by Gasteiger charge is -2.23. The van der Waals surface area contributed by atoms with Crippen LogP contribution < -0.4 is 4.74 Å². The minimum Gasteiger partial charge on any atom is -0.405 e. The summed E-state index contributed by atoms with van der Waals surface area (Å²) in [5, 5.41) is 9.89. The van der Waals surface area contributed by atoms with Crippen molar-refractivity contribution in [1.29, 1.82) is 0 Å². The molecule has 1 atom stereocenters. The van der Waals surface area contributed by atoms with Gasteiger partial charge in [0.25, 0.3) is 0 Å². The van der Waals surface area contributed by atoms with Crippen molar-refractivity contribution in [1.82, 2.24) is 0 Å². The Bertz CT molecular complexity index is 410. The molecule has 0 amide bonds. The van der Waals surface area contributed by atoms with Crippen LogP contribution in [0.15, 0.2) is 24.3 Å². The molecule has 1 aromatic carbocycles. The second-order valence-electron chi connectivity index (χ2n) is 5.02. The second-order valence-corrected chi connectivity index (χ2v) is 5.02. The highest BCUT2D eigenvalue weighted by molar-refractivity contribution is 5.35. The molecule has 0 aliphatic rings. The third-order valence-corrected chi connectivity index (χ3v) is 2.18. The van der Waals surface area contributed by atoms with Gasteiger partial charge in [0.2, 0.25) is 0 Å². The normalized spacial score (nSPS) is 14.3. The van der Waals surface area contributed by atoms with Crippen LogP contribution in [0, 0.1) is 0 Å². The Morgan fingerprint density at radius 1 is 1.16 bits per heavy atom. The highest BCUT2D eigenvalue weighted by Crippen LogP contribution is 2.30. The van der Waals surface area contributed by atoms with E-state index in [9.17, 15) is 18.3 Å². The summed E-state index contributed by atoms with van der Waals surface area (Å²) in [5.41, 5.74) is -0.440. The lowest BCUT2D eigenvalue weighted by Crippen LogP contribution is -2.24. The number of aliphatic hydroxyl groups is 1. The van der Waals surface area contributed by atoms with Gasteiger partial charge in [0, 0.05) is 5.56 Å². The van der Waals surface area contributed by atoms with Crippen LogP contribution in [0.3, 0.4) is 0 Å². The number of rotatable bonds is 4. The van der Waals surface area contributed by atoms with Crippen molar-refractivity contribution in [3.8, 4) is 5.75 Å². The van der Waals surface area contributed by atoms with Crippen molar-refractivity contribution in [2.24, 2.45) is 0 Å². The van der Waals surface area contributed by atoms with Gasteiger partial charge in [0.15, 0.2) is 0 Å². The topological polar surface area (TPSA) is 38.7 Å². The van der Waals surface area contributed by atoms with Crippen molar-refractivity contribution < 1.29 is 27.8 Å². The van der Waals surface area contributed by atoms with Gasteiger partial charge in [-0.15, -0.1) is 13.2 Å². The first-order valence-electron chi connectivity index (χ1n) is 5.75. The zero-order valence-corrected chi connectivity index (χ0v) is 11.0. The van der Waals surface area contributed by atoms with Gasteiger partial charge < -0.3 is 14.6 Å². The molecule has 0 spiro atoms. The average Bonchev–Trinajstić information content (AvgIpc) is 2.23. The molecule has 0 bridgehead atoms. The maximum Gasteiger partial charge on any atom is 0.573 e. The van der Waals surface area contributed by atoms with Crippen LogP contribution >= 0.6 is 0 Å². The van der Waals surface area contributed by atoms with E-state index < -0.39 is 23.8 Å². The monoisotopic (exact) mass is 278 g/mol. The zero-order valence-electron chi connectivity index (χ0n) is 11.0. The second kappa shape index (κ2) is 5.79. The smallest absolute Gasteiger partial charge is 0.405 e. The quantitative estimate of drug-likeness (QED) is 0.917. The van der Waals surface area contributed by atoms with Crippen LogP contribution in [0.25, 0.3) is 0 Å². The molecule has 0 saturated carbocycles. The van der Waals surface area contributed by atoms with Crippen LogP contribution in [0.1, 0.15) is 32.4 Å². The Balaban J connectivity index is 2.82. The maximum absolute atomic E-state index is 12.2. The van der Waals surface area contributed by atoms with Gasteiger partial charge in [0.1, 0.15) is 11.9 Å². The van der Waals surface area contributed by atoms with E-state index in [2.05, 4.69) is 4.74 Å². The summed E-state index contributed by atoms with van der Waals surface area (Å²) < 4.78 is 45.9. The van der Waals surface area contributed by atoms with E-state index in [1.54, 1.807) is 20.8 Å². The third kappa shape index (κ3) is 5.94. The lowest BCUT2D eigenvalue weighted by molar-refractivity contribution is -0.275. The minimum atomic E-state index is -4.79. The molecule has 1 unspecified atom stereocenters. The van der Waals surface area contributed by atoms with Crippen molar-refractivity contribution in [2.45, 2.75) is 38.8 Å². The standard InChI is InChI=1S/C13H17F3O3/c1-12(2,3)18-8-10(17)9-6-4-5-7-11(9)19-13(14,15)16/h4-7,10,17H,8H2,1-3H3. The summed E-state index contributed by atoms with van der Waals surface area (Å²) in [6, 6.07) is 5.46. The molecule has 0 aliphatic heterocycles. The molecule has 0 saturated heterocycles. The molecule has 0 fully saturated rings. The van der Waals surface area contributed by atoms with Gasteiger partial charge in [-0.25, -0.2) is 0 Å².